The zero-order chi connectivity index (χ0) is 28.1. The third-order valence-corrected chi connectivity index (χ3v) is 9.30. The molecular formula is C30H43F2N2O3S. The summed E-state index contributed by atoms with van der Waals surface area (Å²) in [7, 11) is -3.94. The minimum atomic E-state index is -3.94. The number of rotatable bonds is 17. The van der Waals surface area contributed by atoms with Gasteiger partial charge in [-0.25, -0.2) is 17.2 Å². The molecule has 2 rings (SSSR count). The number of aryl methyl sites for hydroxylation is 1. The van der Waals surface area contributed by atoms with E-state index in [4.69, 9.17) is 0 Å². The Balaban J connectivity index is 2.43. The van der Waals surface area contributed by atoms with E-state index in [2.05, 4.69) is 29.7 Å². The molecular weight excluding hydrogens is 506 g/mol. The van der Waals surface area contributed by atoms with Crippen LogP contribution < -0.4 is 10.6 Å². The summed E-state index contributed by atoms with van der Waals surface area (Å²) in [6.07, 6.45) is 5.62. The average Bonchev–Trinajstić information content (AvgIpc) is 2.86. The highest BCUT2D eigenvalue weighted by Gasteiger charge is 2.40. The van der Waals surface area contributed by atoms with Crippen molar-refractivity contribution in [3.05, 3.63) is 77.2 Å². The number of sulfone groups is 1. The highest BCUT2D eigenvalue weighted by molar-refractivity contribution is 7.92. The predicted molar refractivity (Wildman–Crippen MR) is 150 cm³/mol. The Hall–Kier alpha value is -2.32. The standard InChI is InChI=1S/C30H43F2N2O3S/c1-5-10-27(11-6-2)38(36,37)30(24-18-25(31)20-26(32)19-24)28(34-29(35)12-7-3)15-16-33-21-23-14-9-13-22(8-4)17-23/h9,13-15,17-20,27-28,30,33H,5-8,10-12,16,21H2,1-4H3,(H,34,35)/t28-,30?/m0/s1. The summed E-state index contributed by atoms with van der Waals surface area (Å²) in [6.45, 7) is 8.63. The van der Waals surface area contributed by atoms with Crippen LogP contribution in [-0.4, -0.2) is 32.2 Å². The van der Waals surface area contributed by atoms with Crippen molar-refractivity contribution in [1.29, 1.82) is 0 Å². The number of hydrogen-bond donors (Lipinski definition) is 2. The van der Waals surface area contributed by atoms with Crippen molar-refractivity contribution >= 4 is 15.7 Å². The van der Waals surface area contributed by atoms with Crippen LogP contribution in [0.3, 0.4) is 0 Å². The molecule has 2 N–H and O–H groups in total. The molecule has 0 saturated heterocycles. The van der Waals surface area contributed by atoms with Crippen molar-refractivity contribution in [2.24, 2.45) is 0 Å². The first-order valence-corrected chi connectivity index (χ1v) is 15.4. The summed E-state index contributed by atoms with van der Waals surface area (Å²) in [5, 5.41) is 4.16. The number of nitrogens with one attached hydrogen (secondary N) is 2. The van der Waals surface area contributed by atoms with Gasteiger partial charge >= 0.3 is 0 Å². The molecule has 0 bridgehead atoms. The topological polar surface area (TPSA) is 75.3 Å². The SMILES string of the molecule is CCCC(=O)N[C@@H]([CH]CNCc1cccc(CC)c1)C(c1cc(F)cc(F)c1)S(=O)(=O)C(CCC)CCC. The largest absolute Gasteiger partial charge is 0.351 e. The Morgan fingerprint density at radius 2 is 1.55 bits per heavy atom. The summed E-state index contributed by atoms with van der Waals surface area (Å²) in [4.78, 5) is 12.7. The van der Waals surface area contributed by atoms with E-state index >= 15 is 0 Å². The van der Waals surface area contributed by atoms with Gasteiger partial charge in [-0.1, -0.05) is 64.8 Å². The minimum Gasteiger partial charge on any atom is -0.351 e. The fourth-order valence-corrected chi connectivity index (χ4v) is 7.44. The smallest absolute Gasteiger partial charge is 0.220 e. The van der Waals surface area contributed by atoms with Gasteiger partial charge in [0.1, 0.15) is 16.9 Å². The van der Waals surface area contributed by atoms with Crippen molar-refractivity contribution in [3.63, 3.8) is 0 Å². The first-order valence-electron chi connectivity index (χ1n) is 13.8. The molecule has 2 atom stereocenters. The number of halogens is 2. The molecule has 1 amide bonds. The molecule has 0 saturated carbocycles. The van der Waals surface area contributed by atoms with Gasteiger partial charge in [0.25, 0.3) is 0 Å². The maximum absolute atomic E-state index is 14.3. The van der Waals surface area contributed by atoms with Crippen molar-refractivity contribution in [1.82, 2.24) is 10.6 Å². The monoisotopic (exact) mass is 549 g/mol. The predicted octanol–water partition coefficient (Wildman–Crippen LogP) is 6.23. The number of amides is 1. The van der Waals surface area contributed by atoms with E-state index in [1.54, 1.807) is 6.42 Å². The van der Waals surface area contributed by atoms with Gasteiger partial charge in [0, 0.05) is 25.6 Å². The van der Waals surface area contributed by atoms with Gasteiger partial charge in [-0.3, -0.25) is 4.79 Å². The number of benzene rings is 2. The molecule has 0 aliphatic rings. The van der Waals surface area contributed by atoms with Crippen LogP contribution in [0.5, 0.6) is 0 Å². The van der Waals surface area contributed by atoms with Gasteiger partial charge in [0.2, 0.25) is 5.91 Å². The van der Waals surface area contributed by atoms with E-state index in [9.17, 15) is 22.0 Å². The van der Waals surface area contributed by atoms with E-state index in [0.29, 0.717) is 45.2 Å². The van der Waals surface area contributed by atoms with Crippen LogP contribution in [0, 0.1) is 18.1 Å². The van der Waals surface area contributed by atoms with E-state index < -0.39 is 38.0 Å². The Labute approximate surface area is 227 Å². The van der Waals surface area contributed by atoms with Gasteiger partial charge < -0.3 is 10.6 Å². The Bertz CT molecular complexity index is 1100. The quantitative estimate of drug-likeness (QED) is 0.229. The molecule has 0 spiro atoms. The molecule has 1 radical (unpaired) electrons. The summed E-state index contributed by atoms with van der Waals surface area (Å²) in [6, 6.07) is 10.1. The Morgan fingerprint density at radius 3 is 2.13 bits per heavy atom. The lowest BCUT2D eigenvalue weighted by Crippen LogP contribution is -2.46. The van der Waals surface area contributed by atoms with Crippen LogP contribution in [-0.2, 0) is 27.6 Å². The van der Waals surface area contributed by atoms with Crippen molar-refractivity contribution in [3.8, 4) is 0 Å². The third-order valence-electron chi connectivity index (χ3n) is 6.63. The van der Waals surface area contributed by atoms with Crippen LogP contribution in [0.4, 0.5) is 8.78 Å². The highest BCUT2D eigenvalue weighted by Crippen LogP contribution is 2.35. The van der Waals surface area contributed by atoms with Crippen molar-refractivity contribution < 1.29 is 22.0 Å². The van der Waals surface area contributed by atoms with Gasteiger partial charge in [-0.05, 0) is 60.9 Å². The lowest BCUT2D eigenvalue weighted by molar-refractivity contribution is -0.121. The molecule has 38 heavy (non-hydrogen) atoms. The molecule has 0 heterocycles. The van der Waals surface area contributed by atoms with E-state index in [-0.39, 0.29) is 17.9 Å². The molecule has 2 aromatic carbocycles. The third kappa shape index (κ3) is 9.45. The van der Waals surface area contributed by atoms with Crippen LogP contribution in [0.2, 0.25) is 0 Å². The summed E-state index contributed by atoms with van der Waals surface area (Å²) >= 11 is 0. The van der Waals surface area contributed by atoms with E-state index in [1.807, 2.05) is 32.9 Å². The van der Waals surface area contributed by atoms with E-state index in [1.165, 1.54) is 5.56 Å². The maximum atomic E-state index is 14.3. The molecule has 5 nitrogen and oxygen atoms in total. The maximum Gasteiger partial charge on any atom is 0.220 e. The second kappa shape index (κ2) is 15.9. The fourth-order valence-electron chi connectivity index (χ4n) is 4.79. The summed E-state index contributed by atoms with van der Waals surface area (Å²) < 4.78 is 56.9. The molecule has 0 aromatic heterocycles. The molecule has 2 aromatic rings. The second-order valence-electron chi connectivity index (χ2n) is 9.80. The number of carbonyl (C=O) groups excluding carboxylic acids is 1. The van der Waals surface area contributed by atoms with Crippen LogP contribution in [0.1, 0.15) is 88.2 Å². The number of carbonyl (C=O) groups is 1. The van der Waals surface area contributed by atoms with Crippen molar-refractivity contribution in [2.45, 2.75) is 95.7 Å². The van der Waals surface area contributed by atoms with Gasteiger partial charge in [-0.2, -0.15) is 0 Å². The number of hydrogen-bond acceptors (Lipinski definition) is 4. The summed E-state index contributed by atoms with van der Waals surface area (Å²) in [5.41, 5.74) is 2.32. The molecule has 211 valence electrons. The lowest BCUT2D eigenvalue weighted by Gasteiger charge is -2.32. The Morgan fingerprint density at radius 1 is 0.921 bits per heavy atom. The van der Waals surface area contributed by atoms with Gasteiger partial charge in [0.05, 0.1) is 11.3 Å². The normalized spacial score (nSPS) is 13.4. The van der Waals surface area contributed by atoms with Crippen LogP contribution in [0.15, 0.2) is 42.5 Å². The van der Waals surface area contributed by atoms with Crippen molar-refractivity contribution in [2.75, 3.05) is 6.54 Å². The average molecular weight is 550 g/mol. The first-order chi connectivity index (χ1) is 18.2. The minimum absolute atomic E-state index is 0.00778. The summed E-state index contributed by atoms with van der Waals surface area (Å²) in [5.74, 6) is -2.00. The second-order valence-corrected chi connectivity index (χ2v) is 12.1. The van der Waals surface area contributed by atoms with Gasteiger partial charge in [0.15, 0.2) is 9.84 Å². The molecule has 0 fully saturated rings. The zero-order valence-corrected chi connectivity index (χ0v) is 23.9. The highest BCUT2D eigenvalue weighted by atomic mass is 32.2. The zero-order valence-electron chi connectivity index (χ0n) is 23.1. The fraction of sp³-hybridized carbons (Fsp3) is 0.533. The molecule has 1 unspecified atom stereocenters. The first kappa shape index (κ1) is 31.9. The van der Waals surface area contributed by atoms with E-state index in [0.717, 1.165) is 30.2 Å². The molecule has 0 aliphatic heterocycles. The molecule has 0 aliphatic carbocycles. The molecule has 8 heteroatoms. The van der Waals surface area contributed by atoms with Crippen LogP contribution in [0.25, 0.3) is 0 Å². The lowest BCUT2D eigenvalue weighted by atomic mass is 10.0. The van der Waals surface area contributed by atoms with Crippen LogP contribution >= 0.6 is 0 Å². The Kier molecular flexibility index (Phi) is 13.4. The van der Waals surface area contributed by atoms with Gasteiger partial charge in [-0.15, -0.1) is 0 Å².